The molecule has 19 heavy (non-hydrogen) atoms. The number of carbonyl (C=O) groups excluding carboxylic acids is 1. The molecule has 3 N–H and O–H groups in total. The minimum Gasteiger partial charge on any atom is -0.479 e. The third-order valence-corrected chi connectivity index (χ3v) is 2.46. The van der Waals surface area contributed by atoms with Gasteiger partial charge in [0.05, 0.1) is 11.5 Å². The van der Waals surface area contributed by atoms with Crippen LogP contribution in [0, 0.1) is 10.1 Å². The van der Waals surface area contributed by atoms with E-state index in [4.69, 9.17) is 21.8 Å². The molecule has 1 atom stereocenters. The van der Waals surface area contributed by atoms with Crippen molar-refractivity contribution in [3.8, 4) is 0 Å². The van der Waals surface area contributed by atoms with E-state index >= 15 is 0 Å². The van der Waals surface area contributed by atoms with Gasteiger partial charge in [0.1, 0.15) is 10.6 Å². The van der Waals surface area contributed by atoms with E-state index in [9.17, 15) is 19.7 Å². The lowest BCUT2D eigenvalue weighted by Gasteiger charge is -2.08. The Bertz CT molecular complexity index is 533. The van der Waals surface area contributed by atoms with Crippen LogP contribution in [-0.4, -0.2) is 39.7 Å². The first-order valence-corrected chi connectivity index (χ1v) is 5.34. The Kier molecular flexibility index (Phi) is 4.79. The van der Waals surface area contributed by atoms with Crippen LogP contribution in [0.2, 0.25) is 5.02 Å². The molecule has 1 aromatic rings. The molecule has 0 bridgehead atoms. The number of aliphatic hydroxyl groups excluding tert-OH is 1. The van der Waals surface area contributed by atoms with Crippen molar-refractivity contribution in [1.29, 1.82) is 0 Å². The maximum atomic E-state index is 11.7. The summed E-state index contributed by atoms with van der Waals surface area (Å²) in [6.45, 7) is -0.572. The summed E-state index contributed by atoms with van der Waals surface area (Å²) in [4.78, 5) is 32.0. The summed E-state index contributed by atoms with van der Waals surface area (Å²) in [5, 5.41) is 30.1. The van der Waals surface area contributed by atoms with Crippen LogP contribution in [0.25, 0.3) is 0 Å². The lowest BCUT2D eigenvalue weighted by molar-refractivity contribution is -0.385. The van der Waals surface area contributed by atoms with Crippen LogP contribution in [0.4, 0.5) is 5.69 Å². The van der Waals surface area contributed by atoms with Gasteiger partial charge >= 0.3 is 11.7 Å². The summed E-state index contributed by atoms with van der Waals surface area (Å²) in [6.07, 6.45) is -1.79. The number of hydrogen-bond acceptors (Lipinski definition) is 5. The molecule has 1 amide bonds. The molecule has 0 radical (unpaired) electrons. The van der Waals surface area contributed by atoms with E-state index in [0.29, 0.717) is 0 Å². The summed E-state index contributed by atoms with van der Waals surface area (Å²) in [7, 11) is 0. The molecule has 0 aliphatic rings. The van der Waals surface area contributed by atoms with Crippen molar-refractivity contribution in [3.63, 3.8) is 0 Å². The number of nitrogens with zero attached hydrogens (tertiary/aromatic N) is 1. The number of rotatable bonds is 5. The van der Waals surface area contributed by atoms with Crippen LogP contribution in [0.1, 0.15) is 10.4 Å². The highest BCUT2D eigenvalue weighted by Crippen LogP contribution is 2.27. The van der Waals surface area contributed by atoms with E-state index in [-0.39, 0.29) is 10.6 Å². The molecule has 0 aliphatic heterocycles. The zero-order chi connectivity index (χ0) is 14.6. The number of benzene rings is 1. The number of carbonyl (C=O) groups is 2. The lowest BCUT2D eigenvalue weighted by Crippen LogP contribution is -2.36. The predicted octanol–water partition coefficient (Wildman–Crippen LogP) is 0.423. The number of carboxylic acids is 1. The molecule has 1 rings (SSSR count). The Morgan fingerprint density at radius 2 is 2.11 bits per heavy atom. The van der Waals surface area contributed by atoms with Gasteiger partial charge in [0.15, 0.2) is 6.10 Å². The molecular weight excluding hydrogens is 280 g/mol. The maximum Gasteiger partial charge on any atom is 0.334 e. The highest BCUT2D eigenvalue weighted by atomic mass is 35.5. The molecule has 0 heterocycles. The molecular formula is C10H9ClN2O6. The second-order valence-electron chi connectivity index (χ2n) is 3.46. The van der Waals surface area contributed by atoms with Crippen molar-refractivity contribution in [2.24, 2.45) is 0 Å². The molecule has 0 fully saturated rings. The number of nitro groups is 1. The van der Waals surface area contributed by atoms with E-state index in [1.54, 1.807) is 0 Å². The summed E-state index contributed by atoms with van der Waals surface area (Å²) in [5.74, 6) is -2.41. The average Bonchev–Trinajstić information content (AvgIpc) is 2.34. The van der Waals surface area contributed by atoms with E-state index in [1.807, 2.05) is 0 Å². The average molecular weight is 289 g/mol. The summed E-state index contributed by atoms with van der Waals surface area (Å²) in [5.41, 5.74) is -0.887. The molecule has 8 nitrogen and oxygen atoms in total. The normalized spacial score (nSPS) is 11.7. The van der Waals surface area contributed by atoms with Crippen LogP contribution in [0.5, 0.6) is 0 Å². The van der Waals surface area contributed by atoms with Gasteiger partial charge in [-0.15, -0.1) is 0 Å². The minimum atomic E-state index is -1.79. The Labute approximate surface area is 111 Å². The number of aliphatic hydroxyl groups is 1. The van der Waals surface area contributed by atoms with E-state index < -0.39 is 35.1 Å². The second-order valence-corrected chi connectivity index (χ2v) is 3.86. The number of nitrogens with one attached hydrogen (secondary N) is 1. The van der Waals surface area contributed by atoms with Crippen molar-refractivity contribution < 1.29 is 24.7 Å². The molecule has 0 saturated heterocycles. The Morgan fingerprint density at radius 3 is 2.63 bits per heavy atom. The molecule has 0 spiro atoms. The van der Waals surface area contributed by atoms with Gasteiger partial charge in [-0.3, -0.25) is 14.9 Å². The van der Waals surface area contributed by atoms with Crippen molar-refractivity contribution in [1.82, 2.24) is 5.32 Å². The number of amides is 1. The number of hydrogen-bond donors (Lipinski definition) is 3. The number of aliphatic carboxylic acids is 1. The van der Waals surface area contributed by atoms with Gasteiger partial charge in [-0.2, -0.15) is 0 Å². The monoisotopic (exact) mass is 288 g/mol. The van der Waals surface area contributed by atoms with Gasteiger partial charge in [-0.1, -0.05) is 17.7 Å². The SMILES string of the molecule is O=C(NC[C@H](O)C(=O)O)c1cccc(Cl)c1[N+](=O)[O-]. The second kappa shape index (κ2) is 6.12. The summed E-state index contributed by atoms with van der Waals surface area (Å²) >= 11 is 5.62. The third-order valence-electron chi connectivity index (χ3n) is 2.16. The quantitative estimate of drug-likeness (QED) is 0.532. The molecule has 0 unspecified atom stereocenters. The smallest absolute Gasteiger partial charge is 0.334 e. The number of para-hydroxylation sites is 1. The maximum absolute atomic E-state index is 11.7. The van der Waals surface area contributed by atoms with Gasteiger partial charge in [0, 0.05) is 0 Å². The molecule has 0 saturated carbocycles. The number of halogens is 1. The van der Waals surface area contributed by atoms with E-state index in [1.165, 1.54) is 18.2 Å². The fourth-order valence-corrected chi connectivity index (χ4v) is 1.50. The number of carboxylic acid groups (broad SMARTS) is 1. The van der Waals surface area contributed by atoms with Crippen LogP contribution in [-0.2, 0) is 4.79 Å². The minimum absolute atomic E-state index is 0.212. The molecule has 102 valence electrons. The van der Waals surface area contributed by atoms with Gasteiger partial charge in [0.2, 0.25) is 0 Å². The lowest BCUT2D eigenvalue weighted by atomic mass is 10.1. The van der Waals surface area contributed by atoms with Crippen molar-refractivity contribution in [2.45, 2.75) is 6.10 Å². The standard InChI is InChI=1S/C10H9ClN2O6/c11-6-3-1-2-5(8(6)13(18)19)9(15)12-4-7(14)10(16)17/h1-3,7,14H,4H2,(H,12,15)(H,16,17)/t7-/m0/s1. The summed E-state index contributed by atoms with van der Waals surface area (Å²) < 4.78 is 0. The zero-order valence-corrected chi connectivity index (χ0v) is 10.1. The topological polar surface area (TPSA) is 130 Å². The first-order valence-electron chi connectivity index (χ1n) is 4.96. The first kappa shape index (κ1) is 14.9. The predicted molar refractivity (Wildman–Crippen MR) is 64.1 cm³/mol. The van der Waals surface area contributed by atoms with Gasteiger partial charge in [-0.05, 0) is 12.1 Å². The van der Waals surface area contributed by atoms with Crippen LogP contribution < -0.4 is 5.32 Å². The van der Waals surface area contributed by atoms with Gasteiger partial charge in [-0.25, -0.2) is 4.79 Å². The number of nitro benzene ring substituents is 1. The fourth-order valence-electron chi connectivity index (χ4n) is 1.26. The molecule has 0 aliphatic carbocycles. The third kappa shape index (κ3) is 3.63. The van der Waals surface area contributed by atoms with E-state index in [0.717, 1.165) is 0 Å². The Hall–Kier alpha value is -2.19. The Balaban J connectivity index is 2.92. The highest BCUT2D eigenvalue weighted by molar-refractivity contribution is 6.33. The first-order chi connectivity index (χ1) is 8.84. The van der Waals surface area contributed by atoms with Gasteiger partial charge < -0.3 is 15.5 Å². The van der Waals surface area contributed by atoms with Crippen LogP contribution in [0.15, 0.2) is 18.2 Å². The van der Waals surface area contributed by atoms with E-state index in [2.05, 4.69) is 5.32 Å². The van der Waals surface area contributed by atoms with Crippen LogP contribution >= 0.6 is 11.6 Å². The fraction of sp³-hybridized carbons (Fsp3) is 0.200. The van der Waals surface area contributed by atoms with Gasteiger partial charge in [0.25, 0.3) is 5.91 Å². The zero-order valence-electron chi connectivity index (χ0n) is 9.37. The summed E-state index contributed by atoms with van der Waals surface area (Å²) in [6, 6.07) is 3.77. The largest absolute Gasteiger partial charge is 0.479 e. The van der Waals surface area contributed by atoms with Crippen molar-refractivity contribution in [2.75, 3.05) is 6.54 Å². The molecule has 1 aromatic carbocycles. The Morgan fingerprint density at radius 1 is 1.47 bits per heavy atom. The van der Waals surface area contributed by atoms with Crippen molar-refractivity contribution in [3.05, 3.63) is 38.9 Å². The molecule has 9 heteroatoms. The van der Waals surface area contributed by atoms with Crippen molar-refractivity contribution >= 4 is 29.2 Å². The highest BCUT2D eigenvalue weighted by Gasteiger charge is 2.24. The molecule has 0 aromatic heterocycles. The van der Waals surface area contributed by atoms with Crippen LogP contribution in [0.3, 0.4) is 0 Å².